The number of benzene rings is 1. The summed E-state index contributed by atoms with van der Waals surface area (Å²) in [7, 11) is 1.89. The Morgan fingerprint density at radius 2 is 2.12 bits per heavy atom. The average Bonchev–Trinajstić information content (AvgIpc) is 2.25. The van der Waals surface area contributed by atoms with Crippen molar-refractivity contribution in [1.29, 1.82) is 5.26 Å². The monoisotopic (exact) mass is 220 g/mol. The fourth-order valence-corrected chi connectivity index (χ4v) is 1.51. The standard InChI is InChI=1S/C13H17FN2/c1-10(2)7-8-16(3)13-6-4-5-12(14)11(13)9-15/h4-6,10H,7-8H2,1-3H3. The molecule has 0 heterocycles. The van der Waals surface area contributed by atoms with Crippen LogP contribution in [0.3, 0.4) is 0 Å². The quantitative estimate of drug-likeness (QED) is 0.779. The van der Waals surface area contributed by atoms with E-state index in [0.717, 1.165) is 13.0 Å². The van der Waals surface area contributed by atoms with Crippen molar-refractivity contribution < 1.29 is 4.39 Å². The minimum Gasteiger partial charge on any atom is -0.373 e. The zero-order valence-corrected chi connectivity index (χ0v) is 10.00. The Balaban J connectivity index is 2.87. The van der Waals surface area contributed by atoms with Crippen molar-refractivity contribution in [3.8, 4) is 6.07 Å². The smallest absolute Gasteiger partial charge is 0.143 e. The molecule has 0 aliphatic heterocycles. The van der Waals surface area contributed by atoms with Crippen LogP contribution in [0.15, 0.2) is 18.2 Å². The molecule has 0 saturated heterocycles. The molecular weight excluding hydrogens is 203 g/mol. The van der Waals surface area contributed by atoms with Crippen LogP contribution in [0.2, 0.25) is 0 Å². The van der Waals surface area contributed by atoms with Gasteiger partial charge in [-0.3, -0.25) is 0 Å². The fraction of sp³-hybridized carbons (Fsp3) is 0.462. The SMILES string of the molecule is CC(C)CCN(C)c1cccc(F)c1C#N. The van der Waals surface area contributed by atoms with E-state index in [1.807, 2.05) is 18.0 Å². The van der Waals surface area contributed by atoms with Crippen molar-refractivity contribution in [3.63, 3.8) is 0 Å². The molecule has 0 fully saturated rings. The molecule has 1 aromatic carbocycles. The van der Waals surface area contributed by atoms with Crippen LogP contribution in [0.1, 0.15) is 25.8 Å². The van der Waals surface area contributed by atoms with Gasteiger partial charge in [0.1, 0.15) is 17.4 Å². The second-order valence-electron chi connectivity index (χ2n) is 4.35. The lowest BCUT2D eigenvalue weighted by Gasteiger charge is -2.21. The fourth-order valence-electron chi connectivity index (χ4n) is 1.51. The zero-order valence-electron chi connectivity index (χ0n) is 10.00. The molecule has 0 N–H and O–H groups in total. The molecule has 1 rings (SSSR count). The first kappa shape index (κ1) is 12.5. The Bertz CT molecular complexity index is 393. The lowest BCUT2D eigenvalue weighted by atomic mass is 10.1. The molecule has 0 amide bonds. The van der Waals surface area contributed by atoms with Crippen LogP contribution >= 0.6 is 0 Å². The van der Waals surface area contributed by atoms with Gasteiger partial charge in [0.2, 0.25) is 0 Å². The predicted molar refractivity (Wildman–Crippen MR) is 63.8 cm³/mol. The highest BCUT2D eigenvalue weighted by Crippen LogP contribution is 2.21. The normalized spacial score (nSPS) is 10.2. The number of nitrogens with zero attached hydrogens (tertiary/aromatic N) is 2. The van der Waals surface area contributed by atoms with Crippen LogP contribution in [0.25, 0.3) is 0 Å². The molecule has 0 bridgehead atoms. The Hall–Kier alpha value is -1.56. The molecule has 16 heavy (non-hydrogen) atoms. The number of hydrogen-bond donors (Lipinski definition) is 0. The van der Waals surface area contributed by atoms with E-state index in [2.05, 4.69) is 13.8 Å². The molecule has 1 aromatic rings. The van der Waals surface area contributed by atoms with Gasteiger partial charge in [-0.05, 0) is 24.5 Å². The third-order valence-corrected chi connectivity index (χ3v) is 2.56. The lowest BCUT2D eigenvalue weighted by molar-refractivity contribution is 0.583. The largest absolute Gasteiger partial charge is 0.373 e. The van der Waals surface area contributed by atoms with E-state index in [9.17, 15) is 4.39 Å². The Morgan fingerprint density at radius 3 is 2.69 bits per heavy atom. The highest BCUT2D eigenvalue weighted by Gasteiger charge is 2.11. The summed E-state index contributed by atoms with van der Waals surface area (Å²) < 4.78 is 13.4. The Labute approximate surface area is 96.3 Å². The summed E-state index contributed by atoms with van der Waals surface area (Å²) in [6.07, 6.45) is 1.03. The van der Waals surface area contributed by atoms with Gasteiger partial charge in [0.05, 0.1) is 5.69 Å². The number of rotatable bonds is 4. The summed E-state index contributed by atoms with van der Waals surface area (Å²) in [6.45, 7) is 5.12. The van der Waals surface area contributed by atoms with Crippen molar-refractivity contribution in [3.05, 3.63) is 29.6 Å². The molecule has 3 heteroatoms. The first-order chi connectivity index (χ1) is 7.56. The van der Waals surface area contributed by atoms with Gasteiger partial charge in [-0.2, -0.15) is 5.26 Å². The molecule has 0 aliphatic rings. The molecule has 0 unspecified atom stereocenters. The van der Waals surface area contributed by atoms with Gasteiger partial charge in [0.25, 0.3) is 0 Å². The molecule has 0 aromatic heterocycles. The number of halogens is 1. The predicted octanol–water partition coefficient (Wildman–Crippen LogP) is 3.18. The third kappa shape index (κ3) is 2.96. The van der Waals surface area contributed by atoms with Crippen molar-refractivity contribution in [2.75, 3.05) is 18.5 Å². The van der Waals surface area contributed by atoms with Gasteiger partial charge in [-0.15, -0.1) is 0 Å². The molecule has 0 spiro atoms. The maximum absolute atomic E-state index is 13.4. The first-order valence-electron chi connectivity index (χ1n) is 5.46. The molecular formula is C13H17FN2. The number of anilines is 1. The molecule has 0 saturated carbocycles. The molecule has 86 valence electrons. The maximum Gasteiger partial charge on any atom is 0.143 e. The lowest BCUT2D eigenvalue weighted by Crippen LogP contribution is -2.21. The van der Waals surface area contributed by atoms with Gasteiger partial charge >= 0.3 is 0 Å². The highest BCUT2D eigenvalue weighted by atomic mass is 19.1. The average molecular weight is 220 g/mol. The van der Waals surface area contributed by atoms with Gasteiger partial charge in [0, 0.05) is 13.6 Å². The van der Waals surface area contributed by atoms with E-state index < -0.39 is 5.82 Å². The highest BCUT2D eigenvalue weighted by molar-refractivity contribution is 5.59. The first-order valence-corrected chi connectivity index (χ1v) is 5.46. The van der Waals surface area contributed by atoms with Crippen molar-refractivity contribution in [2.24, 2.45) is 5.92 Å². The maximum atomic E-state index is 13.4. The van der Waals surface area contributed by atoms with Crippen LogP contribution in [-0.4, -0.2) is 13.6 Å². The van der Waals surface area contributed by atoms with Crippen LogP contribution in [-0.2, 0) is 0 Å². The van der Waals surface area contributed by atoms with E-state index in [1.54, 1.807) is 12.1 Å². The topological polar surface area (TPSA) is 27.0 Å². The summed E-state index contributed by atoms with van der Waals surface area (Å²) in [4.78, 5) is 1.93. The number of hydrogen-bond acceptors (Lipinski definition) is 2. The summed E-state index contributed by atoms with van der Waals surface area (Å²) in [5.74, 6) is 0.151. The van der Waals surface area contributed by atoms with Crippen molar-refractivity contribution in [1.82, 2.24) is 0 Å². The van der Waals surface area contributed by atoms with Crippen molar-refractivity contribution >= 4 is 5.69 Å². The van der Waals surface area contributed by atoms with E-state index >= 15 is 0 Å². The summed E-state index contributed by atoms with van der Waals surface area (Å²) in [6, 6.07) is 6.65. The van der Waals surface area contributed by atoms with Gasteiger partial charge in [-0.25, -0.2) is 4.39 Å². The van der Waals surface area contributed by atoms with E-state index in [4.69, 9.17) is 5.26 Å². The second kappa shape index (κ2) is 5.50. The molecule has 0 aliphatic carbocycles. The third-order valence-electron chi connectivity index (χ3n) is 2.56. The summed E-state index contributed by atoms with van der Waals surface area (Å²) >= 11 is 0. The summed E-state index contributed by atoms with van der Waals surface area (Å²) in [5, 5.41) is 8.91. The van der Waals surface area contributed by atoms with E-state index in [-0.39, 0.29) is 5.56 Å². The zero-order chi connectivity index (χ0) is 12.1. The van der Waals surface area contributed by atoms with E-state index in [1.165, 1.54) is 6.07 Å². The van der Waals surface area contributed by atoms with Gasteiger partial charge in [-0.1, -0.05) is 19.9 Å². The molecule has 2 nitrogen and oxygen atoms in total. The van der Waals surface area contributed by atoms with Crippen LogP contribution in [0, 0.1) is 23.1 Å². The molecule has 0 atom stereocenters. The van der Waals surface area contributed by atoms with Crippen molar-refractivity contribution in [2.45, 2.75) is 20.3 Å². The second-order valence-corrected chi connectivity index (χ2v) is 4.35. The van der Waals surface area contributed by atoms with E-state index in [0.29, 0.717) is 11.6 Å². The van der Waals surface area contributed by atoms with Crippen LogP contribution in [0.5, 0.6) is 0 Å². The van der Waals surface area contributed by atoms with Crippen LogP contribution in [0.4, 0.5) is 10.1 Å². The van der Waals surface area contributed by atoms with Gasteiger partial charge in [0.15, 0.2) is 0 Å². The minimum atomic E-state index is -0.448. The Morgan fingerprint density at radius 1 is 1.44 bits per heavy atom. The minimum absolute atomic E-state index is 0.133. The Kier molecular flexibility index (Phi) is 4.30. The van der Waals surface area contributed by atoms with Gasteiger partial charge < -0.3 is 4.90 Å². The van der Waals surface area contributed by atoms with Crippen LogP contribution < -0.4 is 4.90 Å². The molecule has 0 radical (unpaired) electrons. The number of nitriles is 1. The summed E-state index contributed by atoms with van der Waals surface area (Å²) in [5.41, 5.74) is 0.803.